The Labute approximate surface area is 215 Å². The lowest BCUT2D eigenvalue weighted by molar-refractivity contribution is -0.119. The molecule has 0 saturated carbocycles. The second-order valence-corrected chi connectivity index (χ2v) is 11.5. The summed E-state index contributed by atoms with van der Waals surface area (Å²) in [6, 6.07) is 20.7. The third kappa shape index (κ3) is 7.67. The number of carbonyl (C=O) groups excluding carboxylic acids is 1. The summed E-state index contributed by atoms with van der Waals surface area (Å²) in [6.07, 6.45) is 0.770. The SMILES string of the molecule is Cc1ccc(S(=O)(=O)N(CC(=O)NCCCSCc2ccc(Cl)cc2)c2cccc(Cl)c2)cc1. The van der Waals surface area contributed by atoms with Gasteiger partial charge in [-0.15, -0.1) is 0 Å². The zero-order chi connectivity index (χ0) is 24.6. The fourth-order valence-corrected chi connectivity index (χ4v) is 5.79. The summed E-state index contributed by atoms with van der Waals surface area (Å²) in [5.74, 6) is 1.35. The third-order valence-electron chi connectivity index (χ3n) is 4.96. The maximum atomic E-state index is 13.4. The molecular weight excluding hydrogens is 511 g/mol. The van der Waals surface area contributed by atoms with E-state index in [-0.39, 0.29) is 17.3 Å². The first-order valence-electron chi connectivity index (χ1n) is 10.7. The second kappa shape index (κ2) is 12.5. The fourth-order valence-electron chi connectivity index (χ4n) is 3.14. The van der Waals surface area contributed by atoms with Gasteiger partial charge in [0.2, 0.25) is 5.91 Å². The maximum Gasteiger partial charge on any atom is 0.264 e. The maximum absolute atomic E-state index is 13.4. The molecule has 0 aromatic heterocycles. The zero-order valence-corrected chi connectivity index (χ0v) is 21.9. The predicted octanol–water partition coefficient (Wildman–Crippen LogP) is 5.94. The quantitative estimate of drug-likeness (QED) is 0.308. The molecule has 1 N–H and O–H groups in total. The van der Waals surface area contributed by atoms with E-state index in [1.165, 1.54) is 23.8 Å². The molecule has 3 rings (SSSR count). The summed E-state index contributed by atoms with van der Waals surface area (Å²) < 4.78 is 27.8. The number of carbonyl (C=O) groups is 1. The van der Waals surface area contributed by atoms with Gasteiger partial charge in [-0.05, 0) is 67.1 Å². The molecule has 0 aliphatic rings. The number of nitrogens with one attached hydrogen (secondary N) is 1. The minimum atomic E-state index is -3.96. The Morgan fingerprint density at radius 3 is 2.35 bits per heavy atom. The van der Waals surface area contributed by atoms with Gasteiger partial charge in [-0.3, -0.25) is 9.10 Å². The standard InChI is InChI=1S/C25H26Cl2N2O3S2/c1-19-6-12-24(13-7-19)34(31,32)29(23-5-2-4-22(27)16-23)17-25(30)28-14-3-15-33-18-20-8-10-21(26)11-9-20/h2,4-13,16H,3,14-15,17-18H2,1H3,(H,28,30). The average molecular weight is 538 g/mol. The number of halogens is 2. The van der Waals surface area contributed by atoms with Gasteiger partial charge in [0.1, 0.15) is 6.54 Å². The number of hydrogen-bond acceptors (Lipinski definition) is 4. The molecule has 0 radical (unpaired) electrons. The Morgan fingerprint density at radius 1 is 0.971 bits per heavy atom. The van der Waals surface area contributed by atoms with Crippen molar-refractivity contribution in [2.24, 2.45) is 0 Å². The van der Waals surface area contributed by atoms with Gasteiger partial charge in [0.25, 0.3) is 10.0 Å². The Hall–Kier alpha value is -2.19. The normalized spacial score (nSPS) is 11.3. The second-order valence-electron chi connectivity index (χ2n) is 7.69. The summed E-state index contributed by atoms with van der Waals surface area (Å²) in [7, 11) is -3.96. The van der Waals surface area contributed by atoms with Crippen LogP contribution in [-0.2, 0) is 20.6 Å². The molecule has 34 heavy (non-hydrogen) atoms. The van der Waals surface area contributed by atoms with Crippen molar-refractivity contribution >= 4 is 56.6 Å². The van der Waals surface area contributed by atoms with Crippen LogP contribution >= 0.6 is 35.0 Å². The van der Waals surface area contributed by atoms with Crippen LogP contribution in [0.15, 0.2) is 77.7 Å². The Kier molecular flexibility index (Phi) is 9.71. The molecule has 180 valence electrons. The molecular formula is C25H26Cl2N2O3S2. The first-order valence-corrected chi connectivity index (χ1v) is 14.0. The molecule has 9 heteroatoms. The van der Waals surface area contributed by atoms with Crippen LogP contribution in [0.2, 0.25) is 10.0 Å². The van der Waals surface area contributed by atoms with E-state index in [1.54, 1.807) is 42.1 Å². The molecule has 0 heterocycles. The average Bonchev–Trinajstić information content (AvgIpc) is 2.81. The van der Waals surface area contributed by atoms with Crippen LogP contribution in [0.25, 0.3) is 0 Å². The van der Waals surface area contributed by atoms with Gasteiger partial charge in [0.05, 0.1) is 10.6 Å². The highest BCUT2D eigenvalue weighted by Crippen LogP contribution is 2.26. The molecule has 0 bridgehead atoms. The fraction of sp³-hybridized carbons (Fsp3) is 0.240. The first-order chi connectivity index (χ1) is 16.3. The molecule has 0 fully saturated rings. The molecule has 5 nitrogen and oxygen atoms in total. The molecule has 0 aliphatic heterocycles. The molecule has 0 saturated heterocycles. The number of sulfonamides is 1. The highest BCUT2D eigenvalue weighted by Gasteiger charge is 2.27. The summed E-state index contributed by atoms with van der Waals surface area (Å²) in [4.78, 5) is 12.8. The number of thioether (sulfide) groups is 1. The van der Waals surface area contributed by atoms with Gasteiger partial charge in [-0.1, -0.05) is 59.1 Å². The summed E-state index contributed by atoms with van der Waals surface area (Å²) in [5.41, 5.74) is 2.47. The molecule has 1 amide bonds. The predicted molar refractivity (Wildman–Crippen MR) is 142 cm³/mol. The van der Waals surface area contributed by atoms with Crippen LogP contribution in [0, 0.1) is 6.92 Å². The van der Waals surface area contributed by atoms with Gasteiger partial charge < -0.3 is 5.32 Å². The number of aryl methyl sites for hydroxylation is 1. The van der Waals surface area contributed by atoms with E-state index in [4.69, 9.17) is 23.2 Å². The smallest absolute Gasteiger partial charge is 0.264 e. The number of hydrogen-bond donors (Lipinski definition) is 1. The van der Waals surface area contributed by atoms with Crippen molar-refractivity contribution in [3.05, 3.63) is 94.0 Å². The van der Waals surface area contributed by atoms with Crippen molar-refractivity contribution in [2.45, 2.75) is 24.0 Å². The Morgan fingerprint density at radius 2 is 1.68 bits per heavy atom. The number of rotatable bonds is 11. The van der Waals surface area contributed by atoms with E-state index in [2.05, 4.69) is 5.32 Å². The van der Waals surface area contributed by atoms with Crippen molar-refractivity contribution in [1.29, 1.82) is 0 Å². The highest BCUT2D eigenvalue weighted by atomic mass is 35.5. The monoisotopic (exact) mass is 536 g/mol. The van der Waals surface area contributed by atoms with Crippen LogP contribution in [0.1, 0.15) is 17.5 Å². The summed E-state index contributed by atoms with van der Waals surface area (Å²) >= 11 is 13.8. The van der Waals surface area contributed by atoms with Gasteiger partial charge in [0, 0.05) is 22.3 Å². The lowest BCUT2D eigenvalue weighted by atomic mass is 10.2. The van der Waals surface area contributed by atoms with Crippen LogP contribution in [0.4, 0.5) is 5.69 Å². The van der Waals surface area contributed by atoms with E-state index in [0.29, 0.717) is 22.3 Å². The van der Waals surface area contributed by atoms with Crippen LogP contribution < -0.4 is 9.62 Å². The number of amides is 1. The molecule has 0 spiro atoms. The van der Waals surface area contributed by atoms with Crippen molar-refractivity contribution < 1.29 is 13.2 Å². The first kappa shape index (κ1) is 26.4. The molecule has 0 unspecified atom stereocenters. The van der Waals surface area contributed by atoms with E-state index >= 15 is 0 Å². The number of nitrogens with zero attached hydrogens (tertiary/aromatic N) is 1. The van der Waals surface area contributed by atoms with Crippen molar-refractivity contribution in [3.8, 4) is 0 Å². The Balaban J connectivity index is 1.58. The largest absolute Gasteiger partial charge is 0.354 e. The van der Waals surface area contributed by atoms with Gasteiger partial charge in [-0.25, -0.2) is 8.42 Å². The third-order valence-corrected chi connectivity index (χ3v) is 8.35. The minimum Gasteiger partial charge on any atom is -0.354 e. The van der Waals surface area contributed by atoms with E-state index < -0.39 is 10.0 Å². The molecule has 0 aliphatic carbocycles. The minimum absolute atomic E-state index is 0.115. The van der Waals surface area contributed by atoms with Crippen LogP contribution in [-0.4, -0.2) is 33.2 Å². The molecule has 0 atom stereocenters. The Bertz CT molecular complexity index is 1200. The van der Waals surface area contributed by atoms with Crippen LogP contribution in [0.5, 0.6) is 0 Å². The number of anilines is 1. The van der Waals surface area contributed by atoms with E-state index in [9.17, 15) is 13.2 Å². The van der Waals surface area contributed by atoms with Crippen molar-refractivity contribution in [2.75, 3.05) is 23.1 Å². The van der Waals surface area contributed by atoms with Crippen LogP contribution in [0.3, 0.4) is 0 Å². The highest BCUT2D eigenvalue weighted by molar-refractivity contribution is 7.98. The lowest BCUT2D eigenvalue weighted by Crippen LogP contribution is -2.41. The van der Waals surface area contributed by atoms with E-state index in [1.807, 2.05) is 31.2 Å². The van der Waals surface area contributed by atoms with Crippen molar-refractivity contribution in [3.63, 3.8) is 0 Å². The van der Waals surface area contributed by atoms with Crippen molar-refractivity contribution in [1.82, 2.24) is 5.32 Å². The number of benzene rings is 3. The van der Waals surface area contributed by atoms with Gasteiger partial charge in [-0.2, -0.15) is 11.8 Å². The zero-order valence-electron chi connectivity index (χ0n) is 18.7. The molecule has 3 aromatic rings. The topological polar surface area (TPSA) is 66.5 Å². The molecule has 3 aromatic carbocycles. The lowest BCUT2D eigenvalue weighted by Gasteiger charge is -2.24. The van der Waals surface area contributed by atoms with E-state index in [0.717, 1.165) is 27.8 Å². The summed E-state index contributed by atoms with van der Waals surface area (Å²) in [5, 5.41) is 3.93. The van der Waals surface area contributed by atoms with Gasteiger partial charge >= 0.3 is 0 Å². The summed E-state index contributed by atoms with van der Waals surface area (Å²) in [6.45, 7) is 2.00. The van der Waals surface area contributed by atoms with Gasteiger partial charge in [0.15, 0.2) is 0 Å².